The van der Waals surface area contributed by atoms with E-state index in [1.165, 1.54) is 26.2 Å². The van der Waals surface area contributed by atoms with E-state index in [9.17, 15) is 13.2 Å². The first-order valence-electron chi connectivity index (χ1n) is 9.14. The van der Waals surface area contributed by atoms with Gasteiger partial charge in [0.2, 0.25) is 15.9 Å². The second-order valence-electron chi connectivity index (χ2n) is 7.16. The number of amides is 1. The third-order valence-corrected chi connectivity index (χ3v) is 6.12. The van der Waals surface area contributed by atoms with Crippen molar-refractivity contribution in [2.45, 2.75) is 51.5 Å². The fraction of sp³-hybridized carbons (Fsp3) is 0.381. The van der Waals surface area contributed by atoms with Crippen molar-refractivity contribution in [2.75, 3.05) is 12.4 Å². The molecule has 2 rings (SSSR count). The number of benzene rings is 2. The van der Waals surface area contributed by atoms with Gasteiger partial charge in [-0.2, -0.15) is 4.72 Å². The molecule has 0 fully saturated rings. The quantitative estimate of drug-likeness (QED) is 0.736. The minimum absolute atomic E-state index is 0.0872. The average molecular weight is 405 g/mol. The molecule has 0 unspecified atom stereocenters. The fourth-order valence-electron chi connectivity index (χ4n) is 2.95. The van der Waals surface area contributed by atoms with E-state index in [4.69, 9.17) is 4.74 Å². The molecule has 152 valence electrons. The average Bonchev–Trinajstić information content (AvgIpc) is 2.62. The number of sulfonamides is 1. The molecule has 0 aliphatic heterocycles. The first kappa shape index (κ1) is 21.9. The monoisotopic (exact) mass is 404 g/mol. The van der Waals surface area contributed by atoms with Crippen LogP contribution in [0.1, 0.15) is 43.4 Å². The molecule has 28 heavy (non-hydrogen) atoms. The molecule has 2 N–H and O–H groups in total. The Morgan fingerprint density at radius 3 is 2.29 bits per heavy atom. The van der Waals surface area contributed by atoms with Crippen molar-refractivity contribution in [3.05, 3.63) is 53.1 Å². The van der Waals surface area contributed by atoms with Crippen molar-refractivity contribution >= 4 is 21.6 Å². The summed E-state index contributed by atoms with van der Waals surface area (Å²) in [5.41, 5.74) is 3.37. The first-order valence-corrected chi connectivity index (χ1v) is 10.6. The van der Waals surface area contributed by atoms with Crippen molar-refractivity contribution in [1.82, 2.24) is 4.72 Å². The molecule has 0 spiro atoms. The molecule has 0 saturated carbocycles. The Morgan fingerprint density at radius 2 is 1.71 bits per heavy atom. The van der Waals surface area contributed by atoms with Crippen LogP contribution in [0.2, 0.25) is 0 Å². The third-order valence-electron chi connectivity index (χ3n) is 4.58. The lowest BCUT2D eigenvalue weighted by atomic mass is 9.98. The van der Waals surface area contributed by atoms with Crippen molar-refractivity contribution in [1.29, 1.82) is 0 Å². The SMILES string of the molecule is COc1ccc(S(=O)(=O)N[C@H](C)C(=O)Nc2c(C)cccc2C(C)C)cc1C. The third kappa shape index (κ3) is 4.91. The maximum Gasteiger partial charge on any atom is 0.242 e. The number of carbonyl (C=O) groups excluding carboxylic acids is 1. The standard InChI is InChI=1S/C21H28N2O4S/c1-13(2)18-9-7-8-14(3)20(18)22-21(24)16(5)23-28(25,26)17-10-11-19(27-6)15(4)12-17/h7-13,16,23H,1-6H3,(H,22,24)/t16-/m1/s1. The molecule has 6 nitrogen and oxygen atoms in total. The van der Waals surface area contributed by atoms with E-state index in [1.54, 1.807) is 13.0 Å². The Labute approximate surface area is 167 Å². The number of anilines is 1. The van der Waals surface area contributed by atoms with Crippen molar-refractivity contribution in [3.8, 4) is 5.75 Å². The molecule has 0 aliphatic carbocycles. The lowest BCUT2D eigenvalue weighted by Crippen LogP contribution is -2.41. The molecular weight excluding hydrogens is 376 g/mol. The summed E-state index contributed by atoms with van der Waals surface area (Å²) in [7, 11) is -2.32. The van der Waals surface area contributed by atoms with Crippen molar-refractivity contribution in [2.24, 2.45) is 0 Å². The zero-order valence-electron chi connectivity index (χ0n) is 17.2. The number of rotatable bonds is 7. The molecule has 0 aliphatic rings. The summed E-state index contributed by atoms with van der Waals surface area (Å²) in [5, 5.41) is 2.88. The number of para-hydroxylation sites is 1. The zero-order chi connectivity index (χ0) is 21.1. The van der Waals surface area contributed by atoms with Crippen LogP contribution in [-0.4, -0.2) is 27.5 Å². The predicted molar refractivity (Wildman–Crippen MR) is 111 cm³/mol. The van der Waals surface area contributed by atoms with Gasteiger partial charge in [-0.25, -0.2) is 8.42 Å². The van der Waals surface area contributed by atoms with Crippen molar-refractivity contribution in [3.63, 3.8) is 0 Å². The van der Waals surface area contributed by atoms with Gasteiger partial charge < -0.3 is 10.1 Å². The van der Waals surface area contributed by atoms with Gasteiger partial charge in [0.1, 0.15) is 5.75 Å². The van der Waals surface area contributed by atoms with E-state index in [0.717, 1.165) is 16.8 Å². The van der Waals surface area contributed by atoms with Crippen LogP contribution < -0.4 is 14.8 Å². The number of hydrogen-bond acceptors (Lipinski definition) is 4. The normalized spacial score (nSPS) is 12.7. The van der Waals surface area contributed by atoms with Gasteiger partial charge in [0, 0.05) is 5.69 Å². The maximum absolute atomic E-state index is 12.7. The van der Waals surface area contributed by atoms with Gasteiger partial charge in [-0.3, -0.25) is 4.79 Å². The van der Waals surface area contributed by atoms with Crippen LogP contribution in [0.25, 0.3) is 0 Å². The molecule has 0 saturated heterocycles. The highest BCUT2D eigenvalue weighted by molar-refractivity contribution is 7.89. The molecule has 2 aromatic rings. The minimum Gasteiger partial charge on any atom is -0.496 e. The van der Waals surface area contributed by atoms with E-state index in [2.05, 4.69) is 10.0 Å². The van der Waals surface area contributed by atoms with Gasteiger partial charge >= 0.3 is 0 Å². The Kier molecular flexibility index (Phi) is 6.85. The Balaban J connectivity index is 2.20. The second-order valence-corrected chi connectivity index (χ2v) is 8.87. The van der Waals surface area contributed by atoms with Crippen LogP contribution in [-0.2, 0) is 14.8 Å². The summed E-state index contributed by atoms with van der Waals surface area (Å²) >= 11 is 0. The van der Waals surface area contributed by atoms with Crippen molar-refractivity contribution < 1.29 is 17.9 Å². The van der Waals surface area contributed by atoms with Crippen LogP contribution in [0.15, 0.2) is 41.3 Å². The molecule has 0 radical (unpaired) electrons. The number of methoxy groups -OCH3 is 1. The highest BCUT2D eigenvalue weighted by Crippen LogP contribution is 2.27. The van der Waals surface area contributed by atoms with Gasteiger partial charge in [-0.1, -0.05) is 32.0 Å². The van der Waals surface area contributed by atoms with Gasteiger partial charge in [0.15, 0.2) is 0 Å². The molecule has 7 heteroatoms. The lowest BCUT2D eigenvalue weighted by molar-refractivity contribution is -0.117. The summed E-state index contributed by atoms with van der Waals surface area (Å²) in [6, 6.07) is 9.45. The zero-order valence-corrected chi connectivity index (χ0v) is 18.0. The van der Waals surface area contributed by atoms with Crippen LogP contribution in [0.4, 0.5) is 5.69 Å². The summed E-state index contributed by atoms with van der Waals surface area (Å²) in [5.74, 6) is 0.417. The topological polar surface area (TPSA) is 84.5 Å². The minimum atomic E-state index is -3.85. The Hall–Kier alpha value is -2.38. The van der Waals surface area contributed by atoms with Gasteiger partial charge in [0.05, 0.1) is 18.0 Å². The van der Waals surface area contributed by atoms with Crippen LogP contribution in [0, 0.1) is 13.8 Å². The Bertz CT molecular complexity index is 968. The Morgan fingerprint density at radius 1 is 1.04 bits per heavy atom. The molecule has 0 heterocycles. The van der Waals surface area contributed by atoms with Crippen LogP contribution in [0.3, 0.4) is 0 Å². The van der Waals surface area contributed by atoms with E-state index in [-0.39, 0.29) is 10.8 Å². The molecule has 1 amide bonds. The van der Waals surface area contributed by atoms with Gasteiger partial charge in [-0.15, -0.1) is 0 Å². The van der Waals surface area contributed by atoms with E-state index in [0.29, 0.717) is 11.3 Å². The fourth-order valence-corrected chi connectivity index (χ4v) is 4.23. The highest BCUT2D eigenvalue weighted by atomic mass is 32.2. The largest absolute Gasteiger partial charge is 0.496 e. The van der Waals surface area contributed by atoms with Crippen LogP contribution in [0.5, 0.6) is 5.75 Å². The van der Waals surface area contributed by atoms with E-state index < -0.39 is 22.0 Å². The van der Waals surface area contributed by atoms with Gasteiger partial charge in [-0.05, 0) is 61.6 Å². The highest BCUT2D eigenvalue weighted by Gasteiger charge is 2.24. The second kappa shape index (κ2) is 8.75. The summed E-state index contributed by atoms with van der Waals surface area (Å²) < 4.78 is 32.9. The predicted octanol–water partition coefficient (Wildman–Crippen LogP) is 3.74. The number of hydrogen-bond donors (Lipinski definition) is 2. The number of carbonyl (C=O) groups is 1. The molecule has 0 aromatic heterocycles. The molecule has 0 bridgehead atoms. The van der Waals surface area contributed by atoms with Crippen LogP contribution >= 0.6 is 0 Å². The summed E-state index contributed by atoms with van der Waals surface area (Å²) in [6.07, 6.45) is 0. The lowest BCUT2D eigenvalue weighted by Gasteiger charge is -2.19. The number of ether oxygens (including phenoxy) is 1. The first-order chi connectivity index (χ1) is 13.1. The molecular formula is C21H28N2O4S. The summed E-state index contributed by atoms with van der Waals surface area (Å²) in [6.45, 7) is 9.29. The van der Waals surface area contributed by atoms with E-state index in [1.807, 2.05) is 39.0 Å². The van der Waals surface area contributed by atoms with Gasteiger partial charge in [0.25, 0.3) is 0 Å². The maximum atomic E-state index is 12.7. The molecule has 1 atom stereocenters. The smallest absolute Gasteiger partial charge is 0.242 e. The number of aryl methyl sites for hydroxylation is 2. The molecule has 2 aromatic carbocycles. The number of nitrogens with one attached hydrogen (secondary N) is 2. The van der Waals surface area contributed by atoms with E-state index >= 15 is 0 Å². The summed E-state index contributed by atoms with van der Waals surface area (Å²) in [4.78, 5) is 12.7.